The second kappa shape index (κ2) is 13.0. The molecule has 0 rings (SSSR count). The Morgan fingerprint density at radius 2 is 1.63 bits per heavy atom. The van der Waals surface area contributed by atoms with Crippen molar-refractivity contribution in [2.75, 3.05) is 32.7 Å². The number of hydrogen-bond donors (Lipinski definition) is 2. The van der Waals surface area contributed by atoms with E-state index in [1.165, 1.54) is 0 Å². The summed E-state index contributed by atoms with van der Waals surface area (Å²) < 4.78 is 0. The third-order valence-electron chi connectivity index (χ3n) is 2.96. The van der Waals surface area contributed by atoms with E-state index in [1.807, 2.05) is 0 Å². The molecule has 4 nitrogen and oxygen atoms in total. The first kappa shape index (κ1) is 21.3. The van der Waals surface area contributed by atoms with E-state index in [9.17, 15) is 0 Å². The lowest BCUT2D eigenvalue weighted by Crippen LogP contribution is -2.46. The fraction of sp³-hybridized carbons (Fsp3) is 0.929. The Bertz CT molecular complexity index is 227. The molecule has 0 aromatic carbocycles. The number of aliphatic imine (C=N–C) groups is 1. The maximum Gasteiger partial charge on any atom is 0.191 e. The summed E-state index contributed by atoms with van der Waals surface area (Å²) in [4.78, 5) is 7.02. The summed E-state index contributed by atoms with van der Waals surface area (Å²) in [5.41, 5.74) is 0. The van der Waals surface area contributed by atoms with Crippen molar-refractivity contribution in [1.82, 2.24) is 15.5 Å². The van der Waals surface area contributed by atoms with E-state index in [0.29, 0.717) is 12.0 Å². The van der Waals surface area contributed by atoms with Crippen LogP contribution in [0, 0.1) is 5.92 Å². The van der Waals surface area contributed by atoms with Gasteiger partial charge in [0.15, 0.2) is 5.96 Å². The standard InChI is InChI=1S/C14H32N4.HI/c1-7-15-14(16-10-12(4)5)17-11-13(6)18(8-2)9-3;/h12-13H,7-11H2,1-6H3,(H2,15,16,17);1H. The zero-order chi connectivity index (χ0) is 14.0. The lowest BCUT2D eigenvalue weighted by molar-refractivity contribution is 0.231. The van der Waals surface area contributed by atoms with Crippen molar-refractivity contribution in [2.45, 2.75) is 47.6 Å². The summed E-state index contributed by atoms with van der Waals surface area (Å²) in [7, 11) is 0. The number of hydrogen-bond acceptors (Lipinski definition) is 2. The minimum Gasteiger partial charge on any atom is -0.357 e. The topological polar surface area (TPSA) is 39.7 Å². The van der Waals surface area contributed by atoms with Gasteiger partial charge in [-0.05, 0) is 32.9 Å². The Labute approximate surface area is 136 Å². The third kappa shape index (κ3) is 10.4. The zero-order valence-electron chi connectivity index (χ0n) is 13.5. The van der Waals surface area contributed by atoms with Crippen LogP contribution in [0.25, 0.3) is 0 Å². The van der Waals surface area contributed by atoms with Gasteiger partial charge in [-0.2, -0.15) is 0 Å². The van der Waals surface area contributed by atoms with Gasteiger partial charge in [0.1, 0.15) is 0 Å². The van der Waals surface area contributed by atoms with Crippen LogP contribution in [0.3, 0.4) is 0 Å². The van der Waals surface area contributed by atoms with E-state index in [4.69, 9.17) is 0 Å². The van der Waals surface area contributed by atoms with Crippen molar-refractivity contribution < 1.29 is 0 Å². The van der Waals surface area contributed by atoms with Crippen LogP contribution >= 0.6 is 24.0 Å². The largest absolute Gasteiger partial charge is 0.357 e. The predicted molar refractivity (Wildman–Crippen MR) is 96.6 cm³/mol. The van der Waals surface area contributed by atoms with E-state index >= 15 is 0 Å². The van der Waals surface area contributed by atoms with Gasteiger partial charge in [-0.3, -0.25) is 9.89 Å². The van der Waals surface area contributed by atoms with Crippen LogP contribution in [0.4, 0.5) is 0 Å². The van der Waals surface area contributed by atoms with Gasteiger partial charge in [0, 0.05) is 25.7 Å². The number of rotatable bonds is 8. The van der Waals surface area contributed by atoms with Gasteiger partial charge in [0.2, 0.25) is 0 Å². The van der Waals surface area contributed by atoms with Crippen LogP contribution in [0.2, 0.25) is 0 Å². The van der Waals surface area contributed by atoms with Gasteiger partial charge in [0.25, 0.3) is 0 Å². The molecule has 0 aliphatic heterocycles. The number of likely N-dealkylation sites (N-methyl/N-ethyl adjacent to an activating group) is 1. The average molecular weight is 384 g/mol. The lowest BCUT2D eigenvalue weighted by atomic mass is 10.2. The van der Waals surface area contributed by atoms with Crippen molar-refractivity contribution in [3.05, 3.63) is 0 Å². The van der Waals surface area contributed by atoms with Gasteiger partial charge in [-0.25, -0.2) is 0 Å². The number of nitrogens with one attached hydrogen (secondary N) is 2. The second-order valence-electron chi connectivity index (χ2n) is 5.06. The zero-order valence-corrected chi connectivity index (χ0v) is 15.8. The Morgan fingerprint density at radius 3 is 2.05 bits per heavy atom. The van der Waals surface area contributed by atoms with Crippen molar-refractivity contribution >= 4 is 29.9 Å². The molecule has 0 fully saturated rings. The number of guanidine groups is 1. The maximum atomic E-state index is 4.57. The van der Waals surface area contributed by atoms with Gasteiger partial charge < -0.3 is 10.6 Å². The van der Waals surface area contributed by atoms with Crippen LogP contribution in [0.5, 0.6) is 0 Å². The van der Waals surface area contributed by atoms with Crippen molar-refractivity contribution in [1.29, 1.82) is 0 Å². The molecular weight excluding hydrogens is 351 g/mol. The molecule has 0 aliphatic rings. The van der Waals surface area contributed by atoms with E-state index in [2.05, 4.69) is 62.1 Å². The number of halogens is 1. The molecule has 5 heteroatoms. The Morgan fingerprint density at radius 1 is 1.05 bits per heavy atom. The maximum absolute atomic E-state index is 4.57. The molecule has 0 bridgehead atoms. The molecular formula is C14H33IN4. The van der Waals surface area contributed by atoms with Gasteiger partial charge in [0.05, 0.1) is 0 Å². The molecule has 1 unspecified atom stereocenters. The first-order valence-corrected chi connectivity index (χ1v) is 7.31. The summed E-state index contributed by atoms with van der Waals surface area (Å²) in [5.74, 6) is 1.53. The quantitative estimate of drug-likeness (QED) is 0.384. The van der Waals surface area contributed by atoms with Crippen LogP contribution in [-0.2, 0) is 0 Å². The molecule has 0 aliphatic carbocycles. The van der Waals surface area contributed by atoms with Crippen LogP contribution in [0.15, 0.2) is 4.99 Å². The molecule has 0 aromatic rings. The molecule has 116 valence electrons. The summed E-state index contributed by atoms with van der Waals surface area (Å²) in [5, 5.41) is 6.71. The average Bonchev–Trinajstić information content (AvgIpc) is 2.34. The van der Waals surface area contributed by atoms with Crippen molar-refractivity contribution in [3.63, 3.8) is 0 Å². The molecule has 19 heavy (non-hydrogen) atoms. The van der Waals surface area contributed by atoms with Gasteiger partial charge >= 0.3 is 0 Å². The predicted octanol–water partition coefficient (Wildman–Crippen LogP) is 2.55. The Hall–Kier alpha value is -0.0400. The minimum atomic E-state index is 0. The monoisotopic (exact) mass is 384 g/mol. The smallest absolute Gasteiger partial charge is 0.191 e. The first-order valence-electron chi connectivity index (χ1n) is 7.31. The second-order valence-corrected chi connectivity index (χ2v) is 5.06. The van der Waals surface area contributed by atoms with E-state index in [1.54, 1.807) is 0 Å². The fourth-order valence-corrected chi connectivity index (χ4v) is 1.84. The highest BCUT2D eigenvalue weighted by Crippen LogP contribution is 1.96. The first-order chi connectivity index (χ1) is 8.54. The molecule has 0 saturated heterocycles. The fourth-order valence-electron chi connectivity index (χ4n) is 1.84. The molecule has 2 N–H and O–H groups in total. The summed E-state index contributed by atoms with van der Waals surface area (Å²) in [6, 6.07) is 0.530. The third-order valence-corrected chi connectivity index (χ3v) is 2.96. The molecule has 0 aromatic heterocycles. The normalized spacial score (nSPS) is 13.4. The summed E-state index contributed by atoms with van der Waals surface area (Å²) >= 11 is 0. The van der Waals surface area contributed by atoms with Crippen molar-refractivity contribution in [2.24, 2.45) is 10.9 Å². The minimum absolute atomic E-state index is 0. The van der Waals surface area contributed by atoms with E-state index in [0.717, 1.165) is 38.7 Å². The van der Waals surface area contributed by atoms with E-state index < -0.39 is 0 Å². The lowest BCUT2D eigenvalue weighted by Gasteiger charge is -2.27. The van der Waals surface area contributed by atoms with Gasteiger partial charge in [-0.15, -0.1) is 24.0 Å². The Balaban J connectivity index is 0. The van der Waals surface area contributed by atoms with Crippen LogP contribution in [-0.4, -0.2) is 49.6 Å². The highest BCUT2D eigenvalue weighted by atomic mass is 127. The van der Waals surface area contributed by atoms with Gasteiger partial charge in [-0.1, -0.05) is 27.7 Å². The number of nitrogens with zero attached hydrogens (tertiary/aromatic N) is 2. The van der Waals surface area contributed by atoms with Crippen molar-refractivity contribution in [3.8, 4) is 0 Å². The Kier molecular flexibility index (Phi) is 14.5. The highest BCUT2D eigenvalue weighted by Gasteiger charge is 2.10. The molecule has 0 heterocycles. The van der Waals surface area contributed by atoms with Crippen LogP contribution < -0.4 is 10.6 Å². The molecule has 0 radical (unpaired) electrons. The SMILES string of the molecule is CCNC(=NCC(C)C)NCC(C)N(CC)CC.I. The molecule has 0 spiro atoms. The molecule has 0 saturated carbocycles. The molecule has 1 atom stereocenters. The van der Waals surface area contributed by atoms with Crippen LogP contribution in [0.1, 0.15) is 41.5 Å². The molecule has 0 amide bonds. The van der Waals surface area contributed by atoms with E-state index in [-0.39, 0.29) is 24.0 Å². The summed E-state index contributed by atoms with van der Waals surface area (Å²) in [6.45, 7) is 18.0. The highest BCUT2D eigenvalue weighted by molar-refractivity contribution is 14.0. The summed E-state index contributed by atoms with van der Waals surface area (Å²) in [6.07, 6.45) is 0.